The Bertz CT molecular complexity index is 913. The molecular weight excluding hydrogens is 360 g/mol. The third-order valence-corrected chi connectivity index (χ3v) is 4.75. The first-order valence-electron chi connectivity index (χ1n) is 9.36. The molecule has 2 aromatic heterocycles. The highest BCUT2D eigenvalue weighted by Gasteiger charge is 2.18. The van der Waals surface area contributed by atoms with Crippen LogP contribution in [0.25, 0.3) is 17.1 Å². The highest BCUT2D eigenvalue weighted by Crippen LogP contribution is 2.23. The predicted molar refractivity (Wildman–Crippen MR) is 109 cm³/mol. The number of carbonyl (C=O) groups excluding carboxylic acids is 1. The molecular formula is C21H25ClN4O. The molecule has 0 aliphatic heterocycles. The van der Waals surface area contributed by atoms with Crippen LogP contribution in [0.4, 0.5) is 0 Å². The molecule has 0 fully saturated rings. The smallest absolute Gasteiger partial charge is 0.270 e. The normalized spacial score (nSPS) is 10.9. The monoisotopic (exact) mass is 384 g/mol. The van der Waals surface area contributed by atoms with Gasteiger partial charge < -0.3 is 9.88 Å². The van der Waals surface area contributed by atoms with Gasteiger partial charge in [-0.25, -0.2) is 4.68 Å². The summed E-state index contributed by atoms with van der Waals surface area (Å²) in [5.74, 6) is -0.126. The highest BCUT2D eigenvalue weighted by atomic mass is 35.5. The van der Waals surface area contributed by atoms with Gasteiger partial charge in [0.2, 0.25) is 0 Å². The highest BCUT2D eigenvalue weighted by molar-refractivity contribution is 6.30. The molecule has 1 amide bonds. The minimum absolute atomic E-state index is 0.126. The van der Waals surface area contributed by atoms with Gasteiger partial charge >= 0.3 is 0 Å². The number of nitrogens with zero attached hydrogens (tertiary/aromatic N) is 3. The van der Waals surface area contributed by atoms with Crippen LogP contribution < -0.4 is 5.32 Å². The lowest BCUT2D eigenvalue weighted by molar-refractivity contribution is 0.0945. The second kappa shape index (κ2) is 8.91. The molecule has 0 radical (unpaired) electrons. The lowest BCUT2D eigenvalue weighted by Crippen LogP contribution is -2.26. The number of aromatic nitrogens is 3. The van der Waals surface area contributed by atoms with E-state index in [9.17, 15) is 4.79 Å². The summed E-state index contributed by atoms with van der Waals surface area (Å²) in [5.41, 5.74) is 2.97. The van der Waals surface area contributed by atoms with E-state index in [-0.39, 0.29) is 5.91 Å². The standard InChI is InChI=1S/C21H25ClN4O/c1-3-4-5-6-12-23-21(27)20-15-18(19-11-8-13-25(19)2)24-26(20)17-10-7-9-16(22)14-17/h7-11,13-15H,3-6,12H2,1-2H3,(H,23,27). The third-order valence-electron chi connectivity index (χ3n) is 4.52. The molecule has 3 rings (SSSR count). The summed E-state index contributed by atoms with van der Waals surface area (Å²) in [6.45, 7) is 2.84. The topological polar surface area (TPSA) is 51.9 Å². The van der Waals surface area contributed by atoms with Crippen molar-refractivity contribution in [1.82, 2.24) is 19.7 Å². The summed E-state index contributed by atoms with van der Waals surface area (Å²) in [6.07, 6.45) is 6.43. The Hall–Kier alpha value is -2.53. The summed E-state index contributed by atoms with van der Waals surface area (Å²) in [5, 5.41) is 8.30. The Labute approximate surface area is 165 Å². The molecule has 0 spiro atoms. The Morgan fingerprint density at radius 1 is 1.15 bits per heavy atom. The largest absolute Gasteiger partial charge is 0.351 e. The van der Waals surface area contributed by atoms with Gasteiger partial charge in [0.1, 0.15) is 11.4 Å². The van der Waals surface area contributed by atoms with Gasteiger partial charge in [-0.15, -0.1) is 0 Å². The number of hydrogen-bond acceptors (Lipinski definition) is 2. The van der Waals surface area contributed by atoms with Crippen molar-refractivity contribution in [3.05, 3.63) is 59.4 Å². The molecule has 3 aromatic rings. The average molecular weight is 385 g/mol. The molecule has 6 heteroatoms. The molecule has 1 aromatic carbocycles. The van der Waals surface area contributed by atoms with Gasteiger partial charge in [-0.2, -0.15) is 5.10 Å². The Balaban J connectivity index is 1.90. The molecule has 0 saturated carbocycles. The Kier molecular flexibility index (Phi) is 6.35. The molecule has 0 atom stereocenters. The summed E-state index contributed by atoms with van der Waals surface area (Å²) in [4.78, 5) is 12.8. The fourth-order valence-electron chi connectivity index (χ4n) is 3.04. The van der Waals surface area contributed by atoms with Gasteiger partial charge in [0.25, 0.3) is 5.91 Å². The van der Waals surface area contributed by atoms with Gasteiger partial charge in [-0.1, -0.05) is 43.9 Å². The van der Waals surface area contributed by atoms with E-state index in [1.807, 2.05) is 48.1 Å². The van der Waals surface area contributed by atoms with Gasteiger partial charge in [0.15, 0.2) is 0 Å². The number of benzene rings is 1. The first-order chi connectivity index (χ1) is 13.1. The first kappa shape index (κ1) is 19.2. The van der Waals surface area contributed by atoms with E-state index in [4.69, 9.17) is 11.6 Å². The van der Waals surface area contributed by atoms with Gasteiger partial charge in [0.05, 0.1) is 11.4 Å². The minimum Gasteiger partial charge on any atom is -0.351 e. The van der Waals surface area contributed by atoms with Crippen LogP contribution in [0.2, 0.25) is 5.02 Å². The molecule has 27 heavy (non-hydrogen) atoms. The first-order valence-corrected chi connectivity index (χ1v) is 9.74. The quantitative estimate of drug-likeness (QED) is 0.565. The van der Waals surface area contributed by atoms with Crippen LogP contribution in [0.1, 0.15) is 43.1 Å². The Morgan fingerprint density at radius 2 is 2.00 bits per heavy atom. The molecule has 0 unspecified atom stereocenters. The van der Waals surface area contributed by atoms with Crippen molar-refractivity contribution >= 4 is 17.5 Å². The van der Waals surface area contributed by atoms with Crippen LogP contribution in [-0.4, -0.2) is 26.8 Å². The van der Waals surface area contributed by atoms with Crippen LogP contribution >= 0.6 is 11.6 Å². The molecule has 0 aliphatic rings. The van der Waals surface area contributed by atoms with Crippen molar-refractivity contribution < 1.29 is 4.79 Å². The Morgan fingerprint density at radius 3 is 2.70 bits per heavy atom. The van der Waals surface area contributed by atoms with Crippen molar-refractivity contribution in [3.8, 4) is 17.1 Å². The van der Waals surface area contributed by atoms with Crippen molar-refractivity contribution in [3.63, 3.8) is 0 Å². The summed E-state index contributed by atoms with van der Waals surface area (Å²) < 4.78 is 3.65. The zero-order valence-corrected chi connectivity index (χ0v) is 16.5. The average Bonchev–Trinajstić information content (AvgIpc) is 3.27. The number of amides is 1. The molecule has 142 valence electrons. The van der Waals surface area contributed by atoms with Crippen molar-refractivity contribution in [2.75, 3.05) is 6.54 Å². The van der Waals surface area contributed by atoms with E-state index in [0.29, 0.717) is 17.3 Å². The van der Waals surface area contributed by atoms with Crippen LogP contribution in [0.5, 0.6) is 0 Å². The number of carbonyl (C=O) groups is 1. The van der Waals surface area contributed by atoms with E-state index >= 15 is 0 Å². The summed E-state index contributed by atoms with van der Waals surface area (Å²) >= 11 is 6.14. The molecule has 0 saturated heterocycles. The molecule has 0 bridgehead atoms. The number of rotatable bonds is 8. The lowest BCUT2D eigenvalue weighted by Gasteiger charge is -2.08. The maximum absolute atomic E-state index is 12.8. The van der Waals surface area contributed by atoms with E-state index in [1.54, 1.807) is 16.8 Å². The van der Waals surface area contributed by atoms with Crippen molar-refractivity contribution in [2.45, 2.75) is 32.6 Å². The maximum atomic E-state index is 12.8. The van der Waals surface area contributed by atoms with E-state index in [1.165, 1.54) is 12.8 Å². The molecule has 1 N–H and O–H groups in total. The van der Waals surface area contributed by atoms with E-state index in [2.05, 4.69) is 17.3 Å². The van der Waals surface area contributed by atoms with E-state index in [0.717, 1.165) is 29.9 Å². The van der Waals surface area contributed by atoms with Crippen LogP contribution in [0.3, 0.4) is 0 Å². The van der Waals surface area contributed by atoms with E-state index < -0.39 is 0 Å². The summed E-state index contributed by atoms with van der Waals surface area (Å²) in [6, 6.07) is 13.1. The predicted octanol–water partition coefficient (Wildman–Crippen LogP) is 4.84. The molecule has 5 nitrogen and oxygen atoms in total. The minimum atomic E-state index is -0.126. The van der Waals surface area contributed by atoms with Gasteiger partial charge in [-0.05, 0) is 42.8 Å². The van der Waals surface area contributed by atoms with Crippen molar-refractivity contribution in [1.29, 1.82) is 0 Å². The number of unbranched alkanes of at least 4 members (excludes halogenated alkanes) is 3. The number of halogens is 1. The molecule has 2 heterocycles. The molecule has 0 aliphatic carbocycles. The zero-order chi connectivity index (χ0) is 19.2. The third kappa shape index (κ3) is 4.61. The number of hydrogen-bond donors (Lipinski definition) is 1. The van der Waals surface area contributed by atoms with Gasteiger partial charge in [-0.3, -0.25) is 4.79 Å². The van der Waals surface area contributed by atoms with Gasteiger partial charge in [0, 0.05) is 24.8 Å². The van der Waals surface area contributed by atoms with Crippen LogP contribution in [-0.2, 0) is 7.05 Å². The summed E-state index contributed by atoms with van der Waals surface area (Å²) in [7, 11) is 1.96. The fraction of sp³-hybridized carbons (Fsp3) is 0.333. The van der Waals surface area contributed by atoms with Crippen LogP contribution in [0, 0.1) is 0 Å². The SMILES string of the molecule is CCCCCCNC(=O)c1cc(-c2cccn2C)nn1-c1cccc(Cl)c1. The number of nitrogens with one attached hydrogen (secondary N) is 1. The zero-order valence-electron chi connectivity index (χ0n) is 15.8. The second-order valence-electron chi connectivity index (χ2n) is 6.63. The lowest BCUT2D eigenvalue weighted by atomic mass is 10.2. The second-order valence-corrected chi connectivity index (χ2v) is 7.06. The fourth-order valence-corrected chi connectivity index (χ4v) is 3.23. The number of aryl methyl sites for hydroxylation is 1. The maximum Gasteiger partial charge on any atom is 0.270 e. The van der Waals surface area contributed by atoms with Crippen LogP contribution in [0.15, 0.2) is 48.7 Å². The van der Waals surface area contributed by atoms with Crippen molar-refractivity contribution in [2.24, 2.45) is 7.05 Å².